The highest BCUT2D eigenvalue weighted by molar-refractivity contribution is 6.31. The van der Waals surface area contributed by atoms with E-state index in [1.54, 1.807) is 24.3 Å². The molecule has 0 saturated heterocycles. The molecule has 7 heteroatoms. The van der Waals surface area contributed by atoms with Gasteiger partial charge in [0, 0.05) is 36.6 Å². The molecule has 3 aromatic rings. The van der Waals surface area contributed by atoms with Crippen LogP contribution in [0.5, 0.6) is 0 Å². The third-order valence-corrected chi connectivity index (χ3v) is 5.20. The van der Waals surface area contributed by atoms with Crippen LogP contribution in [-0.2, 0) is 19.5 Å². The molecule has 1 aliphatic rings. The zero-order chi connectivity index (χ0) is 19.0. The summed E-state index contributed by atoms with van der Waals surface area (Å²) in [5, 5.41) is 0.743. The van der Waals surface area contributed by atoms with E-state index in [2.05, 4.69) is 14.9 Å². The number of halogens is 3. The Morgan fingerprint density at radius 3 is 2.67 bits per heavy atom. The van der Waals surface area contributed by atoms with Gasteiger partial charge < -0.3 is 4.98 Å². The van der Waals surface area contributed by atoms with E-state index in [4.69, 9.17) is 23.2 Å². The van der Waals surface area contributed by atoms with Crippen LogP contribution in [0.4, 0.5) is 4.39 Å². The second kappa shape index (κ2) is 7.43. The highest BCUT2D eigenvalue weighted by atomic mass is 35.5. The third-order valence-electron chi connectivity index (χ3n) is 4.66. The summed E-state index contributed by atoms with van der Waals surface area (Å²) in [4.78, 5) is 22.2. The number of aromatic amines is 1. The summed E-state index contributed by atoms with van der Waals surface area (Å²) in [6.45, 7) is 1.85. The summed E-state index contributed by atoms with van der Waals surface area (Å²) in [7, 11) is 0. The van der Waals surface area contributed by atoms with Crippen LogP contribution in [0.15, 0.2) is 47.3 Å². The van der Waals surface area contributed by atoms with Crippen molar-refractivity contribution < 1.29 is 4.39 Å². The van der Waals surface area contributed by atoms with Crippen molar-refractivity contribution in [1.82, 2.24) is 14.9 Å². The van der Waals surface area contributed by atoms with Crippen LogP contribution in [0.25, 0.3) is 11.4 Å². The highest BCUT2D eigenvalue weighted by Crippen LogP contribution is 2.22. The minimum atomic E-state index is -0.431. The van der Waals surface area contributed by atoms with Crippen molar-refractivity contribution in [2.45, 2.75) is 19.5 Å². The van der Waals surface area contributed by atoms with E-state index in [9.17, 15) is 9.18 Å². The summed E-state index contributed by atoms with van der Waals surface area (Å²) in [5.41, 5.74) is 3.09. The number of rotatable bonds is 3. The maximum Gasteiger partial charge on any atom is 0.255 e. The number of hydrogen-bond acceptors (Lipinski definition) is 3. The molecule has 0 atom stereocenters. The van der Waals surface area contributed by atoms with Gasteiger partial charge >= 0.3 is 0 Å². The molecule has 0 bridgehead atoms. The lowest BCUT2D eigenvalue weighted by molar-refractivity contribution is 0.242. The molecule has 0 saturated carbocycles. The van der Waals surface area contributed by atoms with Crippen molar-refractivity contribution in [3.63, 3.8) is 0 Å². The van der Waals surface area contributed by atoms with E-state index in [0.717, 1.165) is 23.4 Å². The first kappa shape index (κ1) is 18.2. The van der Waals surface area contributed by atoms with E-state index < -0.39 is 5.82 Å². The lowest BCUT2D eigenvalue weighted by Gasteiger charge is -2.27. The molecule has 0 amide bonds. The summed E-state index contributed by atoms with van der Waals surface area (Å²) < 4.78 is 13.3. The molecule has 0 spiro atoms. The Kier molecular flexibility index (Phi) is 5.00. The van der Waals surface area contributed by atoms with Gasteiger partial charge in [-0.3, -0.25) is 9.69 Å². The Morgan fingerprint density at radius 1 is 1.15 bits per heavy atom. The van der Waals surface area contributed by atoms with E-state index in [1.165, 1.54) is 6.07 Å². The number of hydrogen-bond donors (Lipinski definition) is 1. The Morgan fingerprint density at radius 2 is 1.93 bits per heavy atom. The molecule has 0 aliphatic carbocycles. The van der Waals surface area contributed by atoms with Crippen LogP contribution >= 0.6 is 23.2 Å². The second-order valence-corrected chi connectivity index (χ2v) is 7.40. The van der Waals surface area contributed by atoms with Crippen molar-refractivity contribution in [3.05, 3.63) is 85.5 Å². The molecule has 0 fully saturated rings. The van der Waals surface area contributed by atoms with Gasteiger partial charge in [-0.05, 0) is 42.0 Å². The van der Waals surface area contributed by atoms with Crippen molar-refractivity contribution in [1.29, 1.82) is 0 Å². The molecule has 138 valence electrons. The molecule has 1 aromatic heterocycles. The summed E-state index contributed by atoms with van der Waals surface area (Å²) in [5.74, 6) is 0.119. The fourth-order valence-electron chi connectivity index (χ4n) is 3.26. The molecule has 1 N–H and O–H groups in total. The van der Waals surface area contributed by atoms with E-state index in [1.807, 2.05) is 12.1 Å². The van der Waals surface area contributed by atoms with E-state index >= 15 is 0 Å². The molecule has 2 aromatic carbocycles. The normalized spacial score (nSPS) is 14.2. The molecule has 2 heterocycles. The van der Waals surface area contributed by atoms with Gasteiger partial charge in [-0.1, -0.05) is 29.3 Å². The van der Waals surface area contributed by atoms with Crippen molar-refractivity contribution in [3.8, 4) is 11.4 Å². The number of H-pyrrole nitrogens is 1. The summed E-state index contributed by atoms with van der Waals surface area (Å²) >= 11 is 11.8. The first-order valence-electron chi connectivity index (χ1n) is 8.54. The number of nitrogens with zero attached hydrogens (tertiary/aromatic N) is 2. The highest BCUT2D eigenvalue weighted by Gasteiger charge is 2.21. The van der Waals surface area contributed by atoms with Gasteiger partial charge in [0.25, 0.3) is 5.56 Å². The number of aromatic nitrogens is 2. The average molecular weight is 404 g/mol. The molecule has 0 unspecified atom stereocenters. The van der Waals surface area contributed by atoms with Crippen LogP contribution in [0.2, 0.25) is 10.0 Å². The van der Waals surface area contributed by atoms with Crippen LogP contribution in [-0.4, -0.2) is 21.4 Å². The van der Waals surface area contributed by atoms with Gasteiger partial charge in [0.2, 0.25) is 0 Å². The lowest BCUT2D eigenvalue weighted by atomic mass is 10.1. The van der Waals surface area contributed by atoms with Crippen LogP contribution in [0.3, 0.4) is 0 Å². The van der Waals surface area contributed by atoms with Gasteiger partial charge in [0.1, 0.15) is 11.6 Å². The molecular formula is C20H16Cl2FN3O. The Balaban J connectivity index is 1.57. The predicted molar refractivity (Wildman–Crippen MR) is 105 cm³/mol. The minimum Gasteiger partial charge on any atom is -0.306 e. The average Bonchev–Trinajstić information content (AvgIpc) is 2.66. The van der Waals surface area contributed by atoms with Gasteiger partial charge in [0.05, 0.1) is 16.3 Å². The Labute approximate surface area is 165 Å². The first-order chi connectivity index (χ1) is 13.0. The minimum absolute atomic E-state index is 0.108. The predicted octanol–water partition coefficient (Wildman–Crippen LogP) is 4.44. The SMILES string of the molecule is O=c1[nH]c(-c2ccc(Cl)cc2)nc2c1CN(Cc1ccc(F)c(Cl)c1)CC2. The lowest BCUT2D eigenvalue weighted by Crippen LogP contribution is -2.35. The zero-order valence-corrected chi connectivity index (χ0v) is 15.8. The largest absolute Gasteiger partial charge is 0.306 e. The molecule has 4 nitrogen and oxygen atoms in total. The van der Waals surface area contributed by atoms with E-state index in [0.29, 0.717) is 35.9 Å². The zero-order valence-electron chi connectivity index (χ0n) is 14.3. The second-order valence-electron chi connectivity index (χ2n) is 6.56. The first-order valence-corrected chi connectivity index (χ1v) is 9.29. The smallest absolute Gasteiger partial charge is 0.255 e. The fraction of sp³-hybridized carbons (Fsp3) is 0.200. The maximum absolute atomic E-state index is 13.3. The monoisotopic (exact) mass is 403 g/mol. The summed E-state index contributed by atoms with van der Waals surface area (Å²) in [6, 6.07) is 11.9. The molecular weight excluding hydrogens is 388 g/mol. The maximum atomic E-state index is 13.3. The van der Waals surface area contributed by atoms with Crippen LogP contribution < -0.4 is 5.56 Å². The number of nitrogens with one attached hydrogen (secondary N) is 1. The van der Waals surface area contributed by atoms with Crippen molar-refractivity contribution in [2.24, 2.45) is 0 Å². The van der Waals surface area contributed by atoms with Crippen molar-refractivity contribution >= 4 is 23.2 Å². The Bertz CT molecular complexity index is 1050. The van der Waals surface area contributed by atoms with E-state index in [-0.39, 0.29) is 10.6 Å². The van der Waals surface area contributed by atoms with Crippen LogP contribution in [0.1, 0.15) is 16.8 Å². The van der Waals surface area contributed by atoms with Gasteiger partial charge in [0.15, 0.2) is 0 Å². The topological polar surface area (TPSA) is 49.0 Å². The summed E-state index contributed by atoms with van der Waals surface area (Å²) in [6.07, 6.45) is 0.675. The molecule has 27 heavy (non-hydrogen) atoms. The van der Waals surface area contributed by atoms with Gasteiger partial charge in [-0.15, -0.1) is 0 Å². The Hall–Kier alpha value is -2.21. The molecule has 4 rings (SSSR count). The number of benzene rings is 2. The fourth-order valence-corrected chi connectivity index (χ4v) is 3.59. The standard InChI is InChI=1S/C20H16Cl2FN3O/c21-14-4-2-13(3-5-14)19-24-18-7-8-26(11-15(18)20(27)25-19)10-12-1-6-17(23)16(22)9-12/h1-6,9H,7-8,10-11H2,(H,24,25,27). The van der Waals surface area contributed by atoms with Crippen molar-refractivity contribution in [2.75, 3.05) is 6.54 Å². The van der Waals surface area contributed by atoms with Gasteiger partial charge in [-0.2, -0.15) is 0 Å². The molecule has 1 aliphatic heterocycles. The van der Waals surface area contributed by atoms with Crippen LogP contribution in [0, 0.1) is 5.82 Å². The third kappa shape index (κ3) is 3.90. The molecule has 0 radical (unpaired) electrons. The quantitative estimate of drug-likeness (QED) is 0.702. The number of fused-ring (bicyclic) bond motifs is 1. The van der Waals surface area contributed by atoms with Gasteiger partial charge in [-0.25, -0.2) is 9.37 Å².